The lowest BCUT2D eigenvalue weighted by atomic mass is 9.97. The SMILES string of the molecule is CCN=C=NCCCN(C)C.CN1CCN(C(=O)C2(N)CCCC2)CC1.Cl.Cl.Cl. The first-order valence-corrected chi connectivity index (χ1v) is 9.88. The smallest absolute Gasteiger partial charge is 0.242 e. The molecular weight excluding hydrogens is 435 g/mol. The molecule has 0 bridgehead atoms. The Balaban J connectivity index is -0.000000442. The predicted molar refractivity (Wildman–Crippen MR) is 130 cm³/mol. The number of nitrogens with two attached hydrogens (primary N) is 1. The fourth-order valence-electron chi connectivity index (χ4n) is 3.18. The molecule has 0 aromatic carbocycles. The Bertz CT molecular complexity index is 473. The Labute approximate surface area is 195 Å². The third-order valence-electron chi connectivity index (χ3n) is 4.89. The van der Waals surface area contributed by atoms with Gasteiger partial charge in [0.2, 0.25) is 5.91 Å². The second-order valence-corrected chi connectivity index (χ2v) is 7.57. The second kappa shape index (κ2) is 18.4. The maximum Gasteiger partial charge on any atom is 0.242 e. The summed E-state index contributed by atoms with van der Waals surface area (Å²) in [6.07, 6.45) is 5.04. The molecule has 1 saturated carbocycles. The summed E-state index contributed by atoms with van der Waals surface area (Å²) in [5.74, 6) is 0.188. The molecule has 7 nitrogen and oxygen atoms in total. The van der Waals surface area contributed by atoms with Crippen LogP contribution in [0.25, 0.3) is 0 Å². The molecule has 174 valence electrons. The first-order valence-electron chi connectivity index (χ1n) is 9.88. The van der Waals surface area contributed by atoms with Gasteiger partial charge in [-0.3, -0.25) is 4.79 Å². The van der Waals surface area contributed by atoms with Gasteiger partial charge >= 0.3 is 0 Å². The van der Waals surface area contributed by atoms with Gasteiger partial charge in [0, 0.05) is 32.7 Å². The molecule has 0 atom stereocenters. The van der Waals surface area contributed by atoms with E-state index in [0.717, 1.165) is 77.9 Å². The normalized spacial score (nSPS) is 17.5. The number of piperazine rings is 1. The van der Waals surface area contributed by atoms with Gasteiger partial charge in [0.25, 0.3) is 0 Å². The van der Waals surface area contributed by atoms with E-state index in [1.54, 1.807) is 0 Å². The number of hydrogen-bond donors (Lipinski definition) is 1. The van der Waals surface area contributed by atoms with Crippen molar-refractivity contribution in [3.05, 3.63) is 0 Å². The highest BCUT2D eigenvalue weighted by molar-refractivity contribution is 5.86. The van der Waals surface area contributed by atoms with Crippen LogP contribution in [-0.2, 0) is 4.79 Å². The molecule has 10 heteroatoms. The Morgan fingerprint density at radius 3 is 2.10 bits per heavy atom. The van der Waals surface area contributed by atoms with Gasteiger partial charge in [-0.2, -0.15) is 0 Å². The van der Waals surface area contributed by atoms with Crippen molar-refractivity contribution in [2.24, 2.45) is 15.7 Å². The van der Waals surface area contributed by atoms with E-state index in [-0.39, 0.29) is 43.1 Å². The van der Waals surface area contributed by atoms with E-state index >= 15 is 0 Å². The highest BCUT2D eigenvalue weighted by Gasteiger charge is 2.40. The molecular formula is C19H41Cl3N6O. The summed E-state index contributed by atoms with van der Waals surface area (Å²) in [6, 6.07) is 2.64. The number of nitrogens with zero attached hydrogens (tertiary/aromatic N) is 5. The molecule has 0 aromatic rings. The molecule has 0 spiro atoms. The topological polar surface area (TPSA) is 77.5 Å². The highest BCUT2D eigenvalue weighted by Crippen LogP contribution is 2.29. The molecule has 2 fully saturated rings. The van der Waals surface area contributed by atoms with E-state index in [0.29, 0.717) is 0 Å². The van der Waals surface area contributed by atoms with Gasteiger partial charge < -0.3 is 20.4 Å². The van der Waals surface area contributed by atoms with Crippen molar-refractivity contribution < 1.29 is 4.79 Å². The van der Waals surface area contributed by atoms with E-state index in [9.17, 15) is 4.79 Å². The van der Waals surface area contributed by atoms with Crippen LogP contribution in [0.3, 0.4) is 0 Å². The van der Waals surface area contributed by atoms with E-state index < -0.39 is 5.54 Å². The van der Waals surface area contributed by atoms with Crippen LogP contribution in [0.1, 0.15) is 39.0 Å². The maximum atomic E-state index is 12.2. The lowest BCUT2D eigenvalue weighted by Gasteiger charge is -2.37. The molecule has 2 aliphatic rings. The van der Waals surface area contributed by atoms with Crippen LogP contribution in [0.5, 0.6) is 0 Å². The van der Waals surface area contributed by atoms with E-state index in [2.05, 4.69) is 46.9 Å². The molecule has 2 rings (SSSR count). The standard InChI is InChI=1S/C11H21N3O.C8H17N3.3ClH/c1-13-6-8-14(9-7-13)10(15)11(12)4-2-3-5-11;1-4-9-8-10-6-5-7-11(2)3;;;/h2-9,12H2,1H3;4-7H2,1-3H3;3*1H. The summed E-state index contributed by atoms with van der Waals surface area (Å²) in [6.45, 7) is 8.30. The monoisotopic (exact) mass is 474 g/mol. The number of aliphatic imine (C=N–C) groups is 2. The van der Waals surface area contributed by atoms with E-state index in [1.807, 2.05) is 11.8 Å². The quantitative estimate of drug-likeness (QED) is 0.473. The van der Waals surface area contributed by atoms with Gasteiger partial charge in [0.05, 0.1) is 18.1 Å². The molecule has 1 amide bonds. The van der Waals surface area contributed by atoms with Gasteiger partial charge in [-0.1, -0.05) is 12.8 Å². The summed E-state index contributed by atoms with van der Waals surface area (Å²) in [5, 5.41) is 0. The van der Waals surface area contributed by atoms with Gasteiger partial charge in [-0.15, -0.1) is 37.2 Å². The number of amides is 1. The summed E-state index contributed by atoms with van der Waals surface area (Å²) >= 11 is 0. The van der Waals surface area contributed by atoms with Crippen molar-refractivity contribution in [3.63, 3.8) is 0 Å². The van der Waals surface area contributed by atoms with Crippen LogP contribution in [0.4, 0.5) is 0 Å². The van der Waals surface area contributed by atoms with Gasteiger partial charge in [-0.05, 0) is 53.9 Å². The van der Waals surface area contributed by atoms with E-state index in [4.69, 9.17) is 5.73 Å². The number of hydrogen-bond acceptors (Lipinski definition) is 6. The molecule has 29 heavy (non-hydrogen) atoms. The van der Waals surface area contributed by atoms with Crippen LogP contribution in [0.15, 0.2) is 9.98 Å². The minimum Gasteiger partial charge on any atom is -0.339 e. The lowest BCUT2D eigenvalue weighted by molar-refractivity contribution is -0.138. The molecule has 1 saturated heterocycles. The molecule has 0 radical (unpaired) electrons. The fourth-order valence-corrected chi connectivity index (χ4v) is 3.18. The summed E-state index contributed by atoms with van der Waals surface area (Å²) in [4.78, 5) is 26.4. The van der Waals surface area contributed by atoms with Crippen LogP contribution in [0.2, 0.25) is 0 Å². The highest BCUT2D eigenvalue weighted by atomic mass is 35.5. The third-order valence-corrected chi connectivity index (χ3v) is 4.89. The molecule has 1 aliphatic heterocycles. The minimum absolute atomic E-state index is 0. The van der Waals surface area contributed by atoms with Crippen molar-refractivity contribution in [2.75, 3.05) is 67.0 Å². The largest absolute Gasteiger partial charge is 0.339 e. The Kier molecular flexibility index (Phi) is 21.1. The third kappa shape index (κ3) is 13.5. The summed E-state index contributed by atoms with van der Waals surface area (Å²) in [5.41, 5.74) is 5.63. The minimum atomic E-state index is -0.532. The molecule has 0 unspecified atom stereocenters. The number of rotatable bonds is 6. The molecule has 0 aromatic heterocycles. The zero-order valence-electron chi connectivity index (χ0n) is 18.4. The average Bonchev–Trinajstić information content (AvgIpc) is 3.06. The first kappa shape index (κ1) is 33.2. The lowest BCUT2D eigenvalue weighted by Crippen LogP contribution is -2.58. The average molecular weight is 476 g/mol. The van der Waals surface area contributed by atoms with Crippen molar-refractivity contribution in [1.82, 2.24) is 14.7 Å². The first-order chi connectivity index (χ1) is 12.4. The zero-order valence-corrected chi connectivity index (χ0v) is 20.9. The van der Waals surface area contributed by atoms with Gasteiger partial charge in [-0.25, -0.2) is 9.98 Å². The number of likely N-dealkylation sites (N-methyl/N-ethyl adjacent to an activating group) is 1. The van der Waals surface area contributed by atoms with Gasteiger partial charge in [0.15, 0.2) is 0 Å². The van der Waals surface area contributed by atoms with E-state index in [1.165, 1.54) is 0 Å². The second-order valence-electron chi connectivity index (χ2n) is 7.57. The van der Waals surface area contributed by atoms with Crippen molar-refractivity contribution in [3.8, 4) is 0 Å². The number of halogens is 3. The van der Waals surface area contributed by atoms with Gasteiger partial charge in [0.1, 0.15) is 0 Å². The fraction of sp³-hybridized carbons (Fsp3) is 0.895. The van der Waals surface area contributed by atoms with Crippen molar-refractivity contribution >= 4 is 49.1 Å². The molecule has 2 N–H and O–H groups in total. The molecule has 1 heterocycles. The van der Waals surface area contributed by atoms with Crippen molar-refractivity contribution in [2.45, 2.75) is 44.6 Å². The Morgan fingerprint density at radius 2 is 1.62 bits per heavy atom. The maximum absolute atomic E-state index is 12.2. The number of carbonyl (C=O) groups is 1. The van der Waals surface area contributed by atoms with Crippen LogP contribution >= 0.6 is 37.2 Å². The van der Waals surface area contributed by atoms with Crippen LogP contribution in [-0.4, -0.2) is 99.1 Å². The molecule has 1 aliphatic carbocycles. The summed E-state index contributed by atoms with van der Waals surface area (Å²) < 4.78 is 0. The predicted octanol–water partition coefficient (Wildman–Crippen LogP) is 2.43. The zero-order chi connectivity index (χ0) is 19.4. The van der Waals surface area contributed by atoms with Crippen LogP contribution < -0.4 is 5.73 Å². The summed E-state index contributed by atoms with van der Waals surface area (Å²) in [7, 11) is 6.21. The Hall–Kier alpha value is -0.400. The van der Waals surface area contributed by atoms with Crippen molar-refractivity contribution in [1.29, 1.82) is 0 Å². The van der Waals surface area contributed by atoms with Crippen LogP contribution in [0, 0.1) is 0 Å². The Morgan fingerprint density at radius 1 is 1.07 bits per heavy atom. The number of carbonyl (C=O) groups excluding carboxylic acids is 1.